The SMILES string of the molecule is CCC(CC)n1ccc(CCCC(C)Br)n1. The van der Waals surface area contributed by atoms with Crippen molar-refractivity contribution in [2.45, 2.75) is 63.7 Å². The van der Waals surface area contributed by atoms with Gasteiger partial charge < -0.3 is 0 Å². The molecule has 0 aliphatic carbocycles. The molecule has 0 radical (unpaired) electrons. The van der Waals surface area contributed by atoms with Crippen LogP contribution in [0.2, 0.25) is 0 Å². The lowest BCUT2D eigenvalue weighted by Crippen LogP contribution is -2.07. The Kier molecular flexibility index (Phi) is 6.10. The molecule has 0 fully saturated rings. The zero-order chi connectivity index (χ0) is 12.0. The molecule has 0 saturated carbocycles. The van der Waals surface area contributed by atoms with Gasteiger partial charge in [0.05, 0.1) is 11.7 Å². The highest BCUT2D eigenvalue weighted by atomic mass is 79.9. The largest absolute Gasteiger partial charge is 0.269 e. The summed E-state index contributed by atoms with van der Waals surface area (Å²) in [6.07, 6.45) is 7.99. The average Bonchev–Trinajstić information content (AvgIpc) is 2.68. The van der Waals surface area contributed by atoms with Crippen molar-refractivity contribution in [3.8, 4) is 0 Å². The Balaban J connectivity index is 2.44. The first kappa shape index (κ1) is 13.8. The van der Waals surface area contributed by atoms with Crippen LogP contribution in [0, 0.1) is 0 Å². The molecule has 0 bridgehead atoms. The number of hydrogen-bond donors (Lipinski definition) is 0. The lowest BCUT2D eigenvalue weighted by Gasteiger charge is -2.12. The minimum atomic E-state index is 0.573. The standard InChI is InChI=1S/C13H23BrN2/c1-4-13(5-2)16-10-9-12(15-16)8-6-7-11(3)14/h9-11,13H,4-8H2,1-3H3. The van der Waals surface area contributed by atoms with Crippen molar-refractivity contribution in [2.24, 2.45) is 0 Å². The van der Waals surface area contributed by atoms with Crippen LogP contribution in [0.3, 0.4) is 0 Å². The Bertz CT molecular complexity index is 290. The maximum Gasteiger partial charge on any atom is 0.0624 e. The van der Waals surface area contributed by atoms with E-state index in [4.69, 9.17) is 0 Å². The first-order chi connectivity index (χ1) is 7.67. The summed E-state index contributed by atoms with van der Waals surface area (Å²) < 4.78 is 2.13. The van der Waals surface area contributed by atoms with E-state index in [-0.39, 0.29) is 0 Å². The fourth-order valence-electron chi connectivity index (χ4n) is 1.94. The molecule has 1 atom stereocenters. The van der Waals surface area contributed by atoms with E-state index in [2.05, 4.69) is 58.7 Å². The molecule has 0 N–H and O–H groups in total. The van der Waals surface area contributed by atoms with Crippen LogP contribution < -0.4 is 0 Å². The van der Waals surface area contributed by atoms with Crippen LogP contribution in [0.15, 0.2) is 12.3 Å². The summed E-state index contributed by atoms with van der Waals surface area (Å²) in [7, 11) is 0. The maximum absolute atomic E-state index is 4.65. The first-order valence-corrected chi connectivity index (χ1v) is 7.27. The van der Waals surface area contributed by atoms with E-state index < -0.39 is 0 Å². The maximum atomic E-state index is 4.65. The average molecular weight is 287 g/mol. The van der Waals surface area contributed by atoms with E-state index in [9.17, 15) is 0 Å². The molecule has 1 rings (SSSR count). The molecule has 1 unspecified atom stereocenters. The Labute approximate surface area is 108 Å². The second-order valence-corrected chi connectivity index (χ2v) is 5.99. The topological polar surface area (TPSA) is 17.8 Å². The Morgan fingerprint density at radius 3 is 2.62 bits per heavy atom. The van der Waals surface area contributed by atoms with E-state index >= 15 is 0 Å². The normalized spacial score (nSPS) is 13.3. The fraction of sp³-hybridized carbons (Fsp3) is 0.769. The van der Waals surface area contributed by atoms with Gasteiger partial charge in [0, 0.05) is 11.0 Å². The molecule has 1 aromatic rings. The molecular formula is C13H23BrN2. The minimum Gasteiger partial charge on any atom is -0.269 e. The van der Waals surface area contributed by atoms with Crippen molar-refractivity contribution in [2.75, 3.05) is 0 Å². The van der Waals surface area contributed by atoms with Crippen LogP contribution >= 0.6 is 15.9 Å². The van der Waals surface area contributed by atoms with Crippen LogP contribution in [-0.4, -0.2) is 14.6 Å². The smallest absolute Gasteiger partial charge is 0.0624 e. The van der Waals surface area contributed by atoms with E-state index in [0.29, 0.717) is 10.9 Å². The molecule has 92 valence electrons. The lowest BCUT2D eigenvalue weighted by atomic mass is 10.2. The Morgan fingerprint density at radius 1 is 1.38 bits per heavy atom. The molecule has 0 aliphatic heterocycles. The predicted octanol–water partition coefficient (Wildman–Crippen LogP) is 4.35. The third-order valence-corrected chi connectivity index (χ3v) is 3.47. The van der Waals surface area contributed by atoms with Gasteiger partial charge in [0.25, 0.3) is 0 Å². The van der Waals surface area contributed by atoms with Crippen LogP contribution in [0.25, 0.3) is 0 Å². The zero-order valence-corrected chi connectivity index (χ0v) is 12.2. The summed E-state index contributed by atoms with van der Waals surface area (Å²) in [5.74, 6) is 0. The second kappa shape index (κ2) is 7.10. The highest BCUT2D eigenvalue weighted by molar-refractivity contribution is 9.09. The van der Waals surface area contributed by atoms with Gasteiger partial charge in [-0.25, -0.2) is 0 Å². The van der Waals surface area contributed by atoms with E-state index in [1.54, 1.807) is 0 Å². The number of halogens is 1. The van der Waals surface area contributed by atoms with Gasteiger partial charge in [0.15, 0.2) is 0 Å². The zero-order valence-electron chi connectivity index (χ0n) is 10.6. The molecule has 0 aliphatic rings. The third kappa shape index (κ3) is 4.28. The van der Waals surface area contributed by atoms with Gasteiger partial charge in [-0.15, -0.1) is 0 Å². The van der Waals surface area contributed by atoms with Crippen molar-refractivity contribution in [1.29, 1.82) is 0 Å². The van der Waals surface area contributed by atoms with Gasteiger partial charge in [0.2, 0.25) is 0 Å². The molecule has 0 spiro atoms. The van der Waals surface area contributed by atoms with Gasteiger partial charge in [-0.3, -0.25) is 4.68 Å². The van der Waals surface area contributed by atoms with Crippen LogP contribution in [-0.2, 0) is 6.42 Å². The monoisotopic (exact) mass is 286 g/mol. The van der Waals surface area contributed by atoms with Crippen LogP contribution in [0.1, 0.15) is 58.2 Å². The third-order valence-electron chi connectivity index (χ3n) is 3.02. The minimum absolute atomic E-state index is 0.573. The summed E-state index contributed by atoms with van der Waals surface area (Å²) in [6.45, 7) is 6.65. The summed E-state index contributed by atoms with van der Waals surface area (Å²) in [6, 6.07) is 2.74. The van der Waals surface area contributed by atoms with E-state index in [1.807, 2.05) is 0 Å². The molecular weight excluding hydrogens is 264 g/mol. The predicted molar refractivity (Wildman–Crippen MR) is 73.2 cm³/mol. The van der Waals surface area contributed by atoms with Crippen molar-refractivity contribution in [3.63, 3.8) is 0 Å². The van der Waals surface area contributed by atoms with Gasteiger partial charge >= 0.3 is 0 Å². The van der Waals surface area contributed by atoms with Crippen molar-refractivity contribution in [1.82, 2.24) is 9.78 Å². The molecule has 0 aromatic carbocycles. The quantitative estimate of drug-likeness (QED) is 0.682. The number of hydrogen-bond acceptors (Lipinski definition) is 1. The number of rotatable bonds is 7. The van der Waals surface area contributed by atoms with Crippen LogP contribution in [0.4, 0.5) is 0 Å². The first-order valence-electron chi connectivity index (χ1n) is 6.35. The van der Waals surface area contributed by atoms with E-state index in [0.717, 1.165) is 19.3 Å². The molecule has 0 saturated heterocycles. The van der Waals surface area contributed by atoms with Crippen molar-refractivity contribution in [3.05, 3.63) is 18.0 Å². The molecule has 3 heteroatoms. The number of aryl methyl sites for hydroxylation is 1. The van der Waals surface area contributed by atoms with Gasteiger partial charge in [-0.2, -0.15) is 5.10 Å². The highest BCUT2D eigenvalue weighted by Gasteiger charge is 2.07. The summed E-state index contributed by atoms with van der Waals surface area (Å²) in [5, 5.41) is 4.65. The van der Waals surface area contributed by atoms with Crippen molar-refractivity contribution < 1.29 is 0 Å². The van der Waals surface area contributed by atoms with Gasteiger partial charge in [-0.05, 0) is 38.2 Å². The Morgan fingerprint density at radius 2 is 2.06 bits per heavy atom. The molecule has 1 heterocycles. The number of alkyl halides is 1. The Hall–Kier alpha value is -0.310. The fourth-order valence-corrected chi connectivity index (χ4v) is 2.27. The lowest BCUT2D eigenvalue weighted by molar-refractivity contribution is 0.425. The summed E-state index contributed by atoms with van der Waals surface area (Å²) in [5.41, 5.74) is 1.24. The number of aromatic nitrogens is 2. The van der Waals surface area contributed by atoms with Gasteiger partial charge in [-0.1, -0.05) is 36.7 Å². The number of nitrogens with zero attached hydrogens (tertiary/aromatic N) is 2. The van der Waals surface area contributed by atoms with Crippen LogP contribution in [0.5, 0.6) is 0 Å². The summed E-state index contributed by atoms with van der Waals surface area (Å²) in [4.78, 5) is 0.619. The summed E-state index contributed by atoms with van der Waals surface area (Å²) >= 11 is 3.57. The molecule has 2 nitrogen and oxygen atoms in total. The molecule has 0 amide bonds. The van der Waals surface area contributed by atoms with E-state index in [1.165, 1.54) is 18.5 Å². The second-order valence-electron chi connectivity index (χ2n) is 4.43. The highest BCUT2D eigenvalue weighted by Crippen LogP contribution is 2.16. The van der Waals surface area contributed by atoms with Gasteiger partial charge in [0.1, 0.15) is 0 Å². The molecule has 1 aromatic heterocycles. The molecule has 16 heavy (non-hydrogen) atoms. The van der Waals surface area contributed by atoms with Crippen molar-refractivity contribution >= 4 is 15.9 Å².